The number of aromatic nitrogens is 3. The summed E-state index contributed by atoms with van der Waals surface area (Å²) in [5, 5.41) is 1.11. The molecule has 0 atom stereocenters. The van der Waals surface area contributed by atoms with Crippen LogP contribution < -0.4 is 4.90 Å². The van der Waals surface area contributed by atoms with Crippen LogP contribution in [0.4, 0.5) is 5.82 Å². The normalized spacial score (nSPS) is 11.1. The molecular formula is C19H24N4. The Hall–Kier alpha value is -2.36. The fourth-order valence-electron chi connectivity index (χ4n) is 2.95. The Morgan fingerprint density at radius 2 is 1.70 bits per heavy atom. The number of nitrogens with one attached hydrogen (secondary N) is 1. The van der Waals surface area contributed by atoms with Crippen LogP contribution in [0.15, 0.2) is 36.4 Å². The maximum absolute atomic E-state index is 4.92. The molecular weight excluding hydrogens is 284 g/mol. The summed E-state index contributed by atoms with van der Waals surface area (Å²) in [6.07, 6.45) is 2.21. The van der Waals surface area contributed by atoms with Crippen LogP contribution in [0.2, 0.25) is 0 Å². The molecule has 1 aromatic carbocycles. The highest BCUT2D eigenvalue weighted by atomic mass is 15.2. The van der Waals surface area contributed by atoms with Gasteiger partial charge in [-0.1, -0.05) is 44.2 Å². The van der Waals surface area contributed by atoms with E-state index in [1.807, 2.05) is 18.2 Å². The van der Waals surface area contributed by atoms with Crippen molar-refractivity contribution in [3.05, 3.63) is 42.1 Å². The van der Waals surface area contributed by atoms with E-state index in [-0.39, 0.29) is 0 Å². The molecule has 0 saturated carbocycles. The summed E-state index contributed by atoms with van der Waals surface area (Å²) in [5.74, 6) is 1.83. The van der Waals surface area contributed by atoms with Gasteiger partial charge in [-0.15, -0.1) is 0 Å². The number of rotatable bonds is 6. The number of anilines is 1. The molecule has 0 aliphatic heterocycles. The zero-order chi connectivity index (χ0) is 16.2. The zero-order valence-electron chi connectivity index (χ0n) is 14.1. The molecule has 23 heavy (non-hydrogen) atoms. The van der Waals surface area contributed by atoms with Gasteiger partial charge in [0.05, 0.1) is 5.39 Å². The third-order valence-corrected chi connectivity index (χ3v) is 3.92. The number of aryl methyl sites for hydroxylation is 1. The molecule has 4 nitrogen and oxygen atoms in total. The molecule has 2 heterocycles. The molecule has 2 aromatic heterocycles. The Balaban J connectivity index is 2.17. The second-order valence-corrected chi connectivity index (χ2v) is 5.94. The van der Waals surface area contributed by atoms with Gasteiger partial charge in [-0.05, 0) is 25.8 Å². The summed E-state index contributed by atoms with van der Waals surface area (Å²) < 4.78 is 0. The van der Waals surface area contributed by atoms with Crippen molar-refractivity contribution in [2.24, 2.45) is 0 Å². The lowest BCUT2D eigenvalue weighted by Crippen LogP contribution is -2.26. The number of nitrogens with zero attached hydrogens (tertiary/aromatic N) is 3. The molecule has 0 fully saturated rings. The average molecular weight is 308 g/mol. The molecule has 0 radical (unpaired) electrons. The summed E-state index contributed by atoms with van der Waals surface area (Å²) >= 11 is 0. The Morgan fingerprint density at radius 1 is 1.00 bits per heavy atom. The summed E-state index contributed by atoms with van der Waals surface area (Å²) in [4.78, 5) is 15.4. The number of H-pyrrole nitrogens is 1. The van der Waals surface area contributed by atoms with Gasteiger partial charge < -0.3 is 9.88 Å². The van der Waals surface area contributed by atoms with Gasteiger partial charge in [-0.2, -0.15) is 0 Å². The number of fused-ring (bicyclic) bond motifs is 1. The van der Waals surface area contributed by atoms with E-state index in [2.05, 4.69) is 48.9 Å². The monoisotopic (exact) mass is 308 g/mol. The van der Waals surface area contributed by atoms with Gasteiger partial charge in [-0.25, -0.2) is 9.97 Å². The van der Waals surface area contributed by atoms with E-state index in [9.17, 15) is 0 Å². The van der Waals surface area contributed by atoms with Gasteiger partial charge in [-0.3, -0.25) is 0 Å². The van der Waals surface area contributed by atoms with Gasteiger partial charge in [0.1, 0.15) is 11.5 Å². The van der Waals surface area contributed by atoms with Gasteiger partial charge in [0, 0.05) is 24.3 Å². The van der Waals surface area contributed by atoms with E-state index >= 15 is 0 Å². The van der Waals surface area contributed by atoms with E-state index < -0.39 is 0 Å². The van der Waals surface area contributed by atoms with E-state index in [1.165, 1.54) is 0 Å². The van der Waals surface area contributed by atoms with Crippen molar-refractivity contribution in [1.82, 2.24) is 15.0 Å². The molecule has 1 N–H and O–H groups in total. The third kappa shape index (κ3) is 3.21. The Kier molecular flexibility index (Phi) is 4.60. The fourth-order valence-corrected chi connectivity index (χ4v) is 2.95. The molecule has 0 amide bonds. The molecule has 3 aromatic rings. The Labute approximate surface area is 137 Å². The van der Waals surface area contributed by atoms with Crippen LogP contribution in [-0.2, 0) is 0 Å². The van der Waals surface area contributed by atoms with Crippen molar-refractivity contribution in [3.8, 4) is 11.4 Å². The Bertz CT molecular complexity index is 771. The first-order valence-electron chi connectivity index (χ1n) is 8.40. The first-order valence-corrected chi connectivity index (χ1v) is 8.40. The molecule has 3 rings (SSSR count). The fraction of sp³-hybridized carbons (Fsp3) is 0.368. The second-order valence-electron chi connectivity index (χ2n) is 5.94. The van der Waals surface area contributed by atoms with E-state index in [4.69, 9.17) is 9.97 Å². The lowest BCUT2D eigenvalue weighted by Gasteiger charge is -2.23. The van der Waals surface area contributed by atoms with Gasteiger partial charge in [0.2, 0.25) is 0 Å². The first-order chi connectivity index (χ1) is 11.2. The highest BCUT2D eigenvalue weighted by molar-refractivity contribution is 5.90. The molecule has 120 valence electrons. The minimum Gasteiger partial charge on any atom is -0.356 e. The van der Waals surface area contributed by atoms with Crippen LogP contribution in [-0.4, -0.2) is 28.0 Å². The highest BCUT2D eigenvalue weighted by Gasteiger charge is 2.16. The Morgan fingerprint density at radius 3 is 2.35 bits per heavy atom. The van der Waals surface area contributed by atoms with Crippen LogP contribution in [0.3, 0.4) is 0 Å². The van der Waals surface area contributed by atoms with E-state index in [0.717, 1.165) is 59.9 Å². The molecule has 0 aliphatic carbocycles. The maximum Gasteiger partial charge on any atom is 0.163 e. The first kappa shape index (κ1) is 15.5. The lowest BCUT2D eigenvalue weighted by molar-refractivity contribution is 0.737. The summed E-state index contributed by atoms with van der Waals surface area (Å²) in [6.45, 7) is 8.51. The molecule has 0 aliphatic rings. The minimum absolute atomic E-state index is 0.784. The SMILES string of the molecule is CCCN(CCC)c1nc(-c2ccccc2)nc2[nH]c(C)cc12. The van der Waals surface area contributed by atoms with Crippen LogP contribution >= 0.6 is 0 Å². The molecule has 0 bridgehead atoms. The quantitative estimate of drug-likeness (QED) is 0.726. The minimum atomic E-state index is 0.784. The van der Waals surface area contributed by atoms with Crippen LogP contribution in [0, 0.1) is 6.92 Å². The van der Waals surface area contributed by atoms with Crippen LogP contribution in [0.1, 0.15) is 32.4 Å². The predicted molar refractivity (Wildman–Crippen MR) is 96.9 cm³/mol. The zero-order valence-corrected chi connectivity index (χ0v) is 14.1. The average Bonchev–Trinajstić information content (AvgIpc) is 2.94. The van der Waals surface area contributed by atoms with E-state index in [0.29, 0.717) is 0 Å². The predicted octanol–water partition coefficient (Wildman–Crippen LogP) is 4.56. The molecule has 0 unspecified atom stereocenters. The van der Waals surface area contributed by atoms with Crippen molar-refractivity contribution >= 4 is 16.9 Å². The van der Waals surface area contributed by atoms with Crippen LogP contribution in [0.5, 0.6) is 0 Å². The van der Waals surface area contributed by atoms with Crippen molar-refractivity contribution < 1.29 is 0 Å². The number of hydrogen-bond donors (Lipinski definition) is 1. The van der Waals surface area contributed by atoms with Gasteiger partial charge >= 0.3 is 0 Å². The van der Waals surface area contributed by atoms with Crippen molar-refractivity contribution in [3.63, 3.8) is 0 Å². The number of hydrogen-bond acceptors (Lipinski definition) is 3. The third-order valence-electron chi connectivity index (χ3n) is 3.92. The standard InChI is InChI=1S/C19H24N4/c1-4-11-23(12-5-2)19-16-13-14(3)20-18(16)21-17(22-19)15-9-7-6-8-10-15/h6-10,13H,4-5,11-12H2,1-3H3,(H,20,21,22). The van der Waals surface area contributed by atoms with Crippen molar-refractivity contribution in [2.75, 3.05) is 18.0 Å². The second kappa shape index (κ2) is 6.82. The van der Waals surface area contributed by atoms with Crippen molar-refractivity contribution in [2.45, 2.75) is 33.6 Å². The topological polar surface area (TPSA) is 44.8 Å². The van der Waals surface area contributed by atoms with Gasteiger partial charge in [0.25, 0.3) is 0 Å². The summed E-state index contributed by atoms with van der Waals surface area (Å²) in [7, 11) is 0. The number of benzene rings is 1. The lowest BCUT2D eigenvalue weighted by atomic mass is 10.2. The summed E-state index contributed by atoms with van der Waals surface area (Å²) in [5.41, 5.74) is 3.09. The smallest absolute Gasteiger partial charge is 0.163 e. The van der Waals surface area contributed by atoms with Gasteiger partial charge in [0.15, 0.2) is 5.82 Å². The largest absolute Gasteiger partial charge is 0.356 e. The van der Waals surface area contributed by atoms with Crippen molar-refractivity contribution in [1.29, 1.82) is 0 Å². The molecule has 4 heteroatoms. The molecule has 0 spiro atoms. The molecule has 0 saturated heterocycles. The summed E-state index contributed by atoms with van der Waals surface area (Å²) in [6, 6.07) is 12.3. The van der Waals surface area contributed by atoms with Crippen LogP contribution in [0.25, 0.3) is 22.4 Å². The highest BCUT2D eigenvalue weighted by Crippen LogP contribution is 2.28. The van der Waals surface area contributed by atoms with E-state index in [1.54, 1.807) is 0 Å². The number of aromatic amines is 1. The maximum atomic E-state index is 4.92.